The molecular weight excluding hydrogens is 457 g/mol. The lowest BCUT2D eigenvalue weighted by atomic mass is 10.1. The van der Waals surface area contributed by atoms with Crippen molar-refractivity contribution in [1.82, 2.24) is 14.5 Å². The molecule has 2 N–H and O–H groups in total. The normalized spacial score (nSPS) is 12.9. The lowest BCUT2D eigenvalue weighted by Crippen LogP contribution is -2.14. The van der Waals surface area contributed by atoms with Gasteiger partial charge in [0.25, 0.3) is 0 Å². The summed E-state index contributed by atoms with van der Waals surface area (Å²) in [5.74, 6) is -0.711. The van der Waals surface area contributed by atoms with E-state index < -0.39 is 22.7 Å². The quantitative estimate of drug-likeness (QED) is 0.355. The molecule has 0 unspecified atom stereocenters. The third-order valence-electron chi connectivity index (χ3n) is 5.41. The van der Waals surface area contributed by atoms with Gasteiger partial charge in [-0.05, 0) is 36.2 Å². The Kier molecular flexibility index (Phi) is 5.92. The summed E-state index contributed by atoms with van der Waals surface area (Å²) >= 11 is 5.78. The Bertz CT molecular complexity index is 1370. The molecule has 2 heterocycles. The van der Waals surface area contributed by atoms with Crippen molar-refractivity contribution in [3.8, 4) is 5.69 Å². The number of hydrogen-bond donors (Lipinski definition) is 1. The number of alkyl halides is 3. The Hall–Kier alpha value is -3.33. The maximum absolute atomic E-state index is 13.5. The first-order valence-electron chi connectivity index (χ1n) is 10.2. The maximum atomic E-state index is 13.5. The Morgan fingerprint density at radius 2 is 1.85 bits per heavy atom. The van der Waals surface area contributed by atoms with Crippen LogP contribution in [0.4, 0.5) is 19.0 Å². The minimum absolute atomic E-state index is 0.0415. The number of nitrogen functional groups attached to an aromatic ring is 1. The molecule has 0 radical (unpaired) electrons. The number of hydrogen-bond acceptors (Lipinski definition) is 5. The average molecular weight is 477 g/mol. The number of nitrogens with zero attached hydrogens (tertiary/aromatic N) is 3. The number of aromatic nitrogens is 3. The molecule has 0 aliphatic carbocycles. The van der Waals surface area contributed by atoms with Gasteiger partial charge in [0.2, 0.25) is 0 Å². The summed E-state index contributed by atoms with van der Waals surface area (Å²) in [6.45, 7) is 4.07. The number of halogens is 4. The second-order valence-electron chi connectivity index (χ2n) is 7.75. The fraction of sp³-hybridized carbons (Fsp3) is 0.261. The molecule has 0 saturated carbocycles. The van der Waals surface area contributed by atoms with Crippen LogP contribution in [0.3, 0.4) is 0 Å². The van der Waals surface area contributed by atoms with Gasteiger partial charge in [0.15, 0.2) is 5.65 Å². The molecule has 1 atom stereocenters. The van der Waals surface area contributed by atoms with Gasteiger partial charge in [-0.2, -0.15) is 13.2 Å². The topological polar surface area (TPSA) is 83.0 Å². The van der Waals surface area contributed by atoms with Crippen LogP contribution in [0.15, 0.2) is 42.5 Å². The van der Waals surface area contributed by atoms with E-state index in [0.717, 1.165) is 18.6 Å². The summed E-state index contributed by atoms with van der Waals surface area (Å²) in [6.07, 6.45) is -3.87. The number of anilines is 1. The number of fused-ring (bicyclic) bond motifs is 2. The first kappa shape index (κ1) is 22.8. The van der Waals surface area contributed by atoms with Crippen molar-refractivity contribution >= 4 is 45.6 Å². The van der Waals surface area contributed by atoms with Crippen LogP contribution in [0.5, 0.6) is 0 Å². The van der Waals surface area contributed by atoms with Gasteiger partial charge in [-0.3, -0.25) is 4.57 Å². The summed E-state index contributed by atoms with van der Waals surface area (Å²) in [5, 5.41) is -0.453. The third kappa shape index (κ3) is 4.20. The van der Waals surface area contributed by atoms with Crippen molar-refractivity contribution in [2.45, 2.75) is 26.4 Å². The predicted octanol–water partition coefficient (Wildman–Crippen LogP) is 6.03. The molecule has 4 aromatic rings. The number of nitrogens with two attached hydrogens (primary N) is 1. The minimum atomic E-state index is -4.68. The summed E-state index contributed by atoms with van der Waals surface area (Å²) < 4.78 is 47.1. The van der Waals surface area contributed by atoms with Gasteiger partial charge in [-0.25, -0.2) is 14.8 Å². The van der Waals surface area contributed by atoms with E-state index in [9.17, 15) is 18.0 Å². The van der Waals surface area contributed by atoms with E-state index in [-0.39, 0.29) is 40.8 Å². The van der Waals surface area contributed by atoms with Crippen LogP contribution in [0.25, 0.3) is 27.9 Å². The zero-order valence-electron chi connectivity index (χ0n) is 17.8. The van der Waals surface area contributed by atoms with Crippen molar-refractivity contribution < 1.29 is 22.7 Å². The van der Waals surface area contributed by atoms with Gasteiger partial charge in [-0.1, -0.05) is 44.0 Å². The molecule has 0 saturated heterocycles. The molecule has 0 spiro atoms. The molecule has 33 heavy (non-hydrogen) atoms. The Morgan fingerprint density at radius 1 is 1.18 bits per heavy atom. The average Bonchev–Trinajstić information content (AvgIpc) is 3.06. The Morgan fingerprint density at radius 3 is 2.48 bits per heavy atom. The molecule has 0 bridgehead atoms. The largest absolute Gasteiger partial charge is 0.462 e. The summed E-state index contributed by atoms with van der Waals surface area (Å²) in [7, 11) is 0. The van der Waals surface area contributed by atoms with Crippen molar-refractivity contribution in [2.75, 3.05) is 12.3 Å². The smallest absolute Gasteiger partial charge is 0.417 e. The predicted molar refractivity (Wildman–Crippen MR) is 121 cm³/mol. The molecular formula is C23H20ClF3N4O2. The highest BCUT2D eigenvalue weighted by Gasteiger charge is 2.34. The first-order chi connectivity index (χ1) is 15.6. The maximum Gasteiger partial charge on any atom is 0.417 e. The second kappa shape index (κ2) is 8.55. The molecule has 0 fully saturated rings. The van der Waals surface area contributed by atoms with Crippen LogP contribution in [0, 0.1) is 5.92 Å². The van der Waals surface area contributed by atoms with E-state index in [2.05, 4.69) is 9.97 Å². The molecule has 0 aliphatic rings. The lowest BCUT2D eigenvalue weighted by molar-refractivity contribution is -0.137. The van der Waals surface area contributed by atoms with Gasteiger partial charge < -0.3 is 10.5 Å². The first-order valence-corrected chi connectivity index (χ1v) is 10.6. The number of carbonyl (C=O) groups excluding carboxylic acids is 1. The highest BCUT2D eigenvalue weighted by molar-refractivity contribution is 6.31. The van der Waals surface area contributed by atoms with Crippen LogP contribution in [-0.4, -0.2) is 27.1 Å². The zero-order chi connectivity index (χ0) is 23.9. The van der Waals surface area contributed by atoms with E-state index in [0.29, 0.717) is 11.0 Å². The fourth-order valence-corrected chi connectivity index (χ4v) is 3.63. The molecule has 6 nitrogen and oxygen atoms in total. The molecule has 4 rings (SSSR count). The van der Waals surface area contributed by atoms with Crippen molar-refractivity contribution in [3.63, 3.8) is 0 Å². The number of carbonyl (C=O) groups is 1. The second-order valence-corrected chi connectivity index (χ2v) is 8.16. The van der Waals surface area contributed by atoms with Crippen molar-refractivity contribution in [3.05, 3.63) is 58.6 Å². The molecule has 0 aliphatic heterocycles. The number of ether oxygens (including phenoxy) is 1. The SMILES string of the molecule is CC[C@H](C)COC(=O)c1c(N)n(-c2ccc(Cl)c(C(F)(F)F)c2)c2nc3ccccc3nc12. The number of esters is 1. The monoisotopic (exact) mass is 476 g/mol. The van der Waals surface area contributed by atoms with Gasteiger partial charge in [0, 0.05) is 5.69 Å². The van der Waals surface area contributed by atoms with Crippen LogP contribution in [0.1, 0.15) is 36.2 Å². The van der Waals surface area contributed by atoms with Crippen LogP contribution in [-0.2, 0) is 10.9 Å². The fourth-order valence-electron chi connectivity index (χ4n) is 3.40. The highest BCUT2D eigenvalue weighted by Crippen LogP contribution is 2.38. The molecule has 0 amide bonds. The number of para-hydroxylation sites is 2. The highest BCUT2D eigenvalue weighted by atomic mass is 35.5. The van der Waals surface area contributed by atoms with E-state index in [1.54, 1.807) is 24.3 Å². The van der Waals surface area contributed by atoms with Gasteiger partial charge in [0.1, 0.15) is 16.9 Å². The molecule has 2 aromatic carbocycles. The molecule has 10 heteroatoms. The summed E-state index contributed by atoms with van der Waals surface area (Å²) in [5.41, 5.74) is 6.56. The van der Waals surface area contributed by atoms with Crippen molar-refractivity contribution in [1.29, 1.82) is 0 Å². The standard InChI is InChI=1S/C23H20ClF3N4O2/c1-3-12(2)11-33-22(32)18-19-21(30-17-7-5-4-6-16(17)29-19)31(20(18)28)13-8-9-15(24)14(10-13)23(25,26)27/h4-10,12H,3,11,28H2,1-2H3/t12-/m0/s1. The third-order valence-corrected chi connectivity index (χ3v) is 5.74. The lowest BCUT2D eigenvalue weighted by Gasteiger charge is -2.13. The summed E-state index contributed by atoms with van der Waals surface area (Å²) in [6, 6.07) is 10.3. The van der Waals surface area contributed by atoms with Crippen LogP contribution < -0.4 is 5.73 Å². The van der Waals surface area contributed by atoms with Gasteiger partial charge >= 0.3 is 12.1 Å². The Balaban J connectivity index is 1.98. The molecule has 2 aromatic heterocycles. The molecule has 172 valence electrons. The minimum Gasteiger partial charge on any atom is -0.462 e. The van der Waals surface area contributed by atoms with E-state index in [1.165, 1.54) is 10.6 Å². The van der Waals surface area contributed by atoms with E-state index >= 15 is 0 Å². The summed E-state index contributed by atoms with van der Waals surface area (Å²) in [4.78, 5) is 22.0. The van der Waals surface area contributed by atoms with Crippen LogP contribution in [0.2, 0.25) is 5.02 Å². The van der Waals surface area contributed by atoms with Gasteiger partial charge in [-0.15, -0.1) is 0 Å². The number of benzene rings is 2. The van der Waals surface area contributed by atoms with Gasteiger partial charge in [0.05, 0.1) is 28.2 Å². The number of rotatable bonds is 5. The van der Waals surface area contributed by atoms with E-state index in [4.69, 9.17) is 22.1 Å². The Labute approximate surface area is 192 Å². The van der Waals surface area contributed by atoms with Crippen molar-refractivity contribution in [2.24, 2.45) is 5.92 Å². The zero-order valence-corrected chi connectivity index (χ0v) is 18.5. The van der Waals surface area contributed by atoms with Crippen LogP contribution >= 0.6 is 11.6 Å². The van der Waals surface area contributed by atoms with E-state index in [1.807, 2.05) is 13.8 Å².